The lowest BCUT2D eigenvalue weighted by Crippen LogP contribution is -2.44. The van der Waals surface area contributed by atoms with Gasteiger partial charge in [0, 0.05) is 36.2 Å². The molecule has 1 aliphatic rings. The first-order chi connectivity index (χ1) is 18.2. The maximum atomic E-state index is 13.8. The average molecular weight is 571 g/mol. The van der Waals surface area contributed by atoms with Crippen LogP contribution in [-0.4, -0.2) is 47.6 Å². The Morgan fingerprint density at radius 2 is 1.74 bits per heavy atom. The summed E-state index contributed by atoms with van der Waals surface area (Å²) in [5.41, 5.74) is 3.93. The van der Waals surface area contributed by atoms with Crippen molar-refractivity contribution in [1.82, 2.24) is 14.2 Å². The van der Waals surface area contributed by atoms with Crippen molar-refractivity contribution in [2.24, 2.45) is 0 Å². The van der Waals surface area contributed by atoms with Gasteiger partial charge >= 0.3 is 0 Å². The Kier molecular flexibility index (Phi) is 7.82. The van der Waals surface area contributed by atoms with E-state index < -0.39 is 10.0 Å². The molecule has 0 spiro atoms. The van der Waals surface area contributed by atoms with Gasteiger partial charge in [0.05, 0.1) is 21.5 Å². The van der Waals surface area contributed by atoms with E-state index in [1.807, 2.05) is 37.4 Å². The lowest BCUT2D eigenvalue weighted by atomic mass is 10.1. The van der Waals surface area contributed by atoms with E-state index in [1.165, 1.54) is 4.31 Å². The number of rotatable bonds is 10. The Hall–Kier alpha value is -2.84. The Bertz CT molecular complexity index is 1560. The van der Waals surface area contributed by atoms with Gasteiger partial charge in [-0.15, -0.1) is 0 Å². The Labute approximate surface area is 233 Å². The number of sulfonamides is 1. The molecule has 3 aromatic carbocycles. The van der Waals surface area contributed by atoms with E-state index in [4.69, 9.17) is 23.2 Å². The van der Waals surface area contributed by atoms with Crippen LogP contribution in [0, 0.1) is 6.92 Å². The molecule has 38 heavy (non-hydrogen) atoms. The molecule has 0 bridgehead atoms. The van der Waals surface area contributed by atoms with Crippen molar-refractivity contribution >= 4 is 50.0 Å². The number of aromatic nitrogens is 1. The highest BCUT2D eigenvalue weighted by molar-refractivity contribution is 7.89. The van der Waals surface area contributed by atoms with E-state index in [2.05, 4.69) is 11.1 Å². The molecule has 4 aromatic rings. The number of carbonyl (C=O) groups excluding carboxylic acids is 1. The quantitative estimate of drug-likeness (QED) is 0.247. The van der Waals surface area contributed by atoms with Gasteiger partial charge in [-0.3, -0.25) is 4.79 Å². The van der Waals surface area contributed by atoms with E-state index in [1.54, 1.807) is 41.3 Å². The number of hydrogen-bond donors (Lipinski definition) is 1. The Morgan fingerprint density at radius 3 is 2.45 bits per heavy atom. The van der Waals surface area contributed by atoms with Crippen LogP contribution in [0.1, 0.15) is 29.5 Å². The predicted octanol–water partition coefficient (Wildman–Crippen LogP) is 6.21. The third-order valence-electron chi connectivity index (χ3n) is 6.91. The number of aromatic amines is 1. The second kappa shape index (κ2) is 11.1. The summed E-state index contributed by atoms with van der Waals surface area (Å²) >= 11 is 12.3. The molecular formula is C29H29Cl2N3O3S. The zero-order valence-electron chi connectivity index (χ0n) is 21.0. The van der Waals surface area contributed by atoms with Crippen LogP contribution in [0.2, 0.25) is 10.0 Å². The number of amides is 1. The predicted molar refractivity (Wildman–Crippen MR) is 152 cm³/mol. The van der Waals surface area contributed by atoms with E-state index in [0.29, 0.717) is 29.6 Å². The third-order valence-corrected chi connectivity index (χ3v) is 9.56. The molecule has 1 amide bonds. The van der Waals surface area contributed by atoms with Gasteiger partial charge in [-0.05, 0) is 67.6 Å². The summed E-state index contributed by atoms with van der Waals surface area (Å²) in [6.45, 7) is 2.41. The van der Waals surface area contributed by atoms with E-state index in [9.17, 15) is 13.2 Å². The second-order valence-corrected chi connectivity index (χ2v) is 12.5. The second-order valence-electron chi connectivity index (χ2n) is 9.77. The van der Waals surface area contributed by atoms with Gasteiger partial charge < -0.3 is 9.88 Å². The number of nitrogens with zero attached hydrogens (tertiary/aromatic N) is 2. The molecule has 0 radical (unpaired) electrons. The summed E-state index contributed by atoms with van der Waals surface area (Å²) in [6.07, 6.45) is 4.08. The molecule has 1 N–H and O–H groups in total. The van der Waals surface area contributed by atoms with E-state index in [-0.39, 0.29) is 23.4 Å². The minimum absolute atomic E-state index is 0.161. The minimum Gasteiger partial charge on any atom is -0.361 e. The standard InChI is InChI=1S/C29H29Cl2N3O3S/c1-20-6-11-24(12-7-20)38(36,37)34(23-9-10-23)19-29(35)33(18-21-8-13-26(30)27(31)16-21)15-14-22-17-32-28-5-3-2-4-25(22)28/h2-8,11-13,16-17,23,32H,9-10,14-15,18-19H2,1H3. The summed E-state index contributed by atoms with van der Waals surface area (Å²) in [6, 6.07) is 19.9. The third kappa shape index (κ3) is 5.91. The monoisotopic (exact) mass is 569 g/mol. The van der Waals surface area contributed by atoms with Crippen molar-refractivity contribution in [3.63, 3.8) is 0 Å². The molecule has 1 fully saturated rings. The molecule has 1 aromatic heterocycles. The topological polar surface area (TPSA) is 73.5 Å². The largest absolute Gasteiger partial charge is 0.361 e. The van der Waals surface area contributed by atoms with Gasteiger partial charge in [-0.25, -0.2) is 8.42 Å². The Morgan fingerprint density at radius 1 is 1.00 bits per heavy atom. The van der Waals surface area contributed by atoms with Crippen LogP contribution in [0.3, 0.4) is 0 Å². The highest BCUT2D eigenvalue weighted by Gasteiger charge is 2.40. The molecule has 1 saturated carbocycles. The van der Waals surface area contributed by atoms with Gasteiger partial charge in [0.1, 0.15) is 0 Å². The lowest BCUT2D eigenvalue weighted by Gasteiger charge is -2.27. The average Bonchev–Trinajstić information content (AvgIpc) is 3.66. The molecule has 0 aliphatic heterocycles. The number of benzene rings is 3. The van der Waals surface area contributed by atoms with Gasteiger partial charge in [-0.2, -0.15) is 4.31 Å². The van der Waals surface area contributed by atoms with E-state index in [0.717, 1.165) is 40.4 Å². The highest BCUT2D eigenvalue weighted by Crippen LogP contribution is 2.32. The normalized spacial score (nSPS) is 13.8. The summed E-state index contributed by atoms with van der Waals surface area (Å²) < 4.78 is 28.4. The maximum absolute atomic E-state index is 13.8. The molecule has 6 nitrogen and oxygen atoms in total. The smallest absolute Gasteiger partial charge is 0.243 e. The van der Waals surface area contributed by atoms with Crippen LogP contribution in [0.4, 0.5) is 0 Å². The number of halogens is 2. The number of aryl methyl sites for hydroxylation is 1. The van der Waals surface area contributed by atoms with Gasteiger partial charge in [-0.1, -0.05) is 65.2 Å². The number of fused-ring (bicyclic) bond motifs is 1. The molecule has 0 unspecified atom stereocenters. The SMILES string of the molecule is Cc1ccc(S(=O)(=O)N(CC(=O)N(CCc2c[nH]c3ccccc23)Cc2ccc(Cl)c(Cl)c2)C2CC2)cc1. The number of para-hydroxylation sites is 1. The van der Waals surface area contributed by atoms with Gasteiger partial charge in [0.25, 0.3) is 0 Å². The fourth-order valence-corrected chi connectivity index (χ4v) is 6.55. The summed E-state index contributed by atoms with van der Waals surface area (Å²) in [5, 5.41) is 1.96. The maximum Gasteiger partial charge on any atom is 0.243 e. The molecule has 1 aliphatic carbocycles. The number of H-pyrrole nitrogens is 1. The molecule has 0 saturated heterocycles. The van der Waals surface area contributed by atoms with Crippen molar-refractivity contribution in [3.8, 4) is 0 Å². The van der Waals surface area contributed by atoms with Crippen LogP contribution in [0.25, 0.3) is 10.9 Å². The minimum atomic E-state index is -3.81. The van der Waals surface area contributed by atoms with Crippen molar-refractivity contribution in [2.75, 3.05) is 13.1 Å². The lowest BCUT2D eigenvalue weighted by molar-refractivity contribution is -0.132. The van der Waals surface area contributed by atoms with Gasteiger partial charge in [0.2, 0.25) is 15.9 Å². The van der Waals surface area contributed by atoms with Crippen LogP contribution in [-0.2, 0) is 27.8 Å². The zero-order valence-corrected chi connectivity index (χ0v) is 23.4. The van der Waals surface area contributed by atoms with Crippen molar-refractivity contribution in [1.29, 1.82) is 0 Å². The fraction of sp³-hybridized carbons (Fsp3) is 0.276. The first kappa shape index (κ1) is 26.8. The summed E-state index contributed by atoms with van der Waals surface area (Å²) in [4.78, 5) is 18.9. The number of carbonyl (C=O) groups is 1. The van der Waals surface area contributed by atoms with Crippen molar-refractivity contribution < 1.29 is 13.2 Å². The molecule has 9 heteroatoms. The van der Waals surface area contributed by atoms with Crippen LogP contribution in [0.15, 0.2) is 77.8 Å². The molecular weight excluding hydrogens is 541 g/mol. The number of hydrogen-bond acceptors (Lipinski definition) is 3. The van der Waals surface area contributed by atoms with Crippen molar-refractivity contribution in [3.05, 3.63) is 99.7 Å². The van der Waals surface area contributed by atoms with E-state index >= 15 is 0 Å². The van der Waals surface area contributed by atoms with Crippen LogP contribution < -0.4 is 0 Å². The molecule has 0 atom stereocenters. The molecule has 1 heterocycles. The molecule has 5 rings (SSSR count). The summed E-state index contributed by atoms with van der Waals surface area (Å²) in [5.74, 6) is -0.251. The highest BCUT2D eigenvalue weighted by atomic mass is 35.5. The van der Waals surface area contributed by atoms with Crippen LogP contribution >= 0.6 is 23.2 Å². The van der Waals surface area contributed by atoms with Crippen molar-refractivity contribution in [2.45, 2.75) is 43.7 Å². The molecule has 198 valence electrons. The first-order valence-electron chi connectivity index (χ1n) is 12.6. The summed E-state index contributed by atoms with van der Waals surface area (Å²) in [7, 11) is -3.81. The fourth-order valence-electron chi connectivity index (χ4n) is 4.60. The number of nitrogens with one attached hydrogen (secondary N) is 1. The van der Waals surface area contributed by atoms with Crippen LogP contribution in [0.5, 0.6) is 0 Å². The first-order valence-corrected chi connectivity index (χ1v) is 14.8. The zero-order chi connectivity index (χ0) is 26.9. The van der Waals surface area contributed by atoms with Gasteiger partial charge in [0.15, 0.2) is 0 Å². The Balaban J connectivity index is 1.40.